The Morgan fingerprint density at radius 3 is 2.42 bits per heavy atom. The van der Waals surface area contributed by atoms with E-state index in [1.54, 1.807) is 12.1 Å². The highest BCUT2D eigenvalue weighted by atomic mass is 16.2. The van der Waals surface area contributed by atoms with Crippen molar-refractivity contribution < 1.29 is 4.79 Å². The molecule has 58 valence electrons. The van der Waals surface area contributed by atoms with Crippen molar-refractivity contribution in [3.05, 3.63) is 11.1 Å². The summed E-state index contributed by atoms with van der Waals surface area (Å²) in [6.07, 6.45) is 0. The summed E-state index contributed by atoms with van der Waals surface area (Å²) >= 11 is 0. The fourth-order valence-electron chi connectivity index (χ4n) is 0.718. The van der Waals surface area contributed by atoms with Crippen LogP contribution in [0.15, 0.2) is 16.2 Å². The number of nitrogens with one attached hydrogen (secondary N) is 1. The van der Waals surface area contributed by atoms with E-state index in [-0.39, 0.29) is 17.0 Å². The fraction of sp³-hybridized carbons (Fsp3) is 0. The highest BCUT2D eigenvalue weighted by Gasteiger charge is 2.24. The van der Waals surface area contributed by atoms with Crippen molar-refractivity contribution in [2.45, 2.75) is 0 Å². The van der Waals surface area contributed by atoms with Crippen LogP contribution < -0.4 is 11.2 Å². The van der Waals surface area contributed by atoms with Gasteiger partial charge in [-0.1, -0.05) is 0 Å². The van der Waals surface area contributed by atoms with Crippen LogP contribution in [0.3, 0.4) is 0 Å². The van der Waals surface area contributed by atoms with Gasteiger partial charge in [0.05, 0.1) is 0 Å². The van der Waals surface area contributed by atoms with Crippen molar-refractivity contribution in [1.29, 1.82) is 10.5 Å². The highest BCUT2D eigenvalue weighted by molar-refractivity contribution is 6.24. The molecule has 1 rings (SSSR count). The Bertz CT molecular complexity index is 362. The number of amidine groups is 1. The molecular weight excluding hydrogens is 158 g/mol. The minimum Gasteiger partial charge on any atom is -0.382 e. The molecule has 0 aliphatic carbocycles. The minimum absolute atomic E-state index is 0.127. The first-order chi connectivity index (χ1) is 5.70. The first-order valence-electron chi connectivity index (χ1n) is 2.89. The van der Waals surface area contributed by atoms with Crippen LogP contribution in [0.1, 0.15) is 0 Å². The monoisotopic (exact) mass is 161 g/mol. The van der Waals surface area contributed by atoms with Crippen molar-refractivity contribution in [1.82, 2.24) is 5.43 Å². The van der Waals surface area contributed by atoms with Crippen LogP contribution in [-0.2, 0) is 4.79 Å². The standard InChI is InChI=1S/C6H3N5O/c7-1-3(2-8)4-5(9)10-11-6(4)12/h(H2,9,10)(H,11,12). The zero-order chi connectivity index (χ0) is 9.14. The largest absolute Gasteiger partial charge is 0.382 e. The molecule has 1 aliphatic heterocycles. The van der Waals surface area contributed by atoms with Gasteiger partial charge in [-0.3, -0.25) is 4.79 Å². The van der Waals surface area contributed by atoms with Gasteiger partial charge in [-0.25, -0.2) is 5.43 Å². The molecule has 0 saturated heterocycles. The summed E-state index contributed by atoms with van der Waals surface area (Å²) in [7, 11) is 0. The Balaban J connectivity index is 3.28. The average molecular weight is 161 g/mol. The Labute approximate surface area is 67.6 Å². The predicted molar refractivity (Wildman–Crippen MR) is 38.0 cm³/mol. The average Bonchev–Trinajstić information content (AvgIpc) is 2.38. The molecule has 0 aromatic rings. The smallest absolute Gasteiger partial charge is 0.277 e. The molecule has 0 aromatic heterocycles. The lowest BCUT2D eigenvalue weighted by molar-refractivity contribution is -0.116. The molecule has 1 heterocycles. The van der Waals surface area contributed by atoms with Gasteiger partial charge in [-0.15, -0.1) is 0 Å². The maximum absolute atomic E-state index is 10.9. The third-order valence-electron chi connectivity index (χ3n) is 1.23. The van der Waals surface area contributed by atoms with Gasteiger partial charge in [-0.05, 0) is 0 Å². The van der Waals surface area contributed by atoms with Crippen LogP contribution in [0.4, 0.5) is 0 Å². The molecule has 0 spiro atoms. The molecule has 0 saturated carbocycles. The van der Waals surface area contributed by atoms with Gasteiger partial charge in [0.15, 0.2) is 5.84 Å². The van der Waals surface area contributed by atoms with Crippen molar-refractivity contribution in [3.63, 3.8) is 0 Å². The number of amides is 1. The lowest BCUT2D eigenvalue weighted by Crippen LogP contribution is -2.18. The number of hydrogen-bond acceptors (Lipinski definition) is 5. The molecule has 3 N–H and O–H groups in total. The number of hydrogen-bond donors (Lipinski definition) is 2. The highest BCUT2D eigenvalue weighted by Crippen LogP contribution is 2.07. The Kier molecular flexibility index (Phi) is 1.76. The molecule has 1 amide bonds. The second-order valence-corrected chi connectivity index (χ2v) is 1.91. The van der Waals surface area contributed by atoms with Gasteiger partial charge in [0.25, 0.3) is 5.91 Å². The number of nitrogens with zero attached hydrogens (tertiary/aromatic N) is 3. The van der Waals surface area contributed by atoms with Gasteiger partial charge in [0.1, 0.15) is 23.3 Å². The third kappa shape index (κ3) is 0.976. The van der Waals surface area contributed by atoms with Crippen molar-refractivity contribution in [3.8, 4) is 12.1 Å². The molecular formula is C6H3N5O. The molecule has 1 aliphatic rings. The summed E-state index contributed by atoms with van der Waals surface area (Å²) in [5.41, 5.74) is 6.78. The maximum atomic E-state index is 10.9. The summed E-state index contributed by atoms with van der Waals surface area (Å²) in [6.45, 7) is 0. The lowest BCUT2D eigenvalue weighted by atomic mass is 10.1. The number of nitrogens with two attached hydrogens (primary N) is 1. The van der Waals surface area contributed by atoms with E-state index in [1.807, 2.05) is 5.43 Å². The second kappa shape index (κ2) is 2.72. The van der Waals surface area contributed by atoms with E-state index in [9.17, 15) is 4.79 Å². The van der Waals surface area contributed by atoms with Gasteiger partial charge in [0.2, 0.25) is 0 Å². The molecule has 6 heteroatoms. The van der Waals surface area contributed by atoms with Crippen LogP contribution in [0.5, 0.6) is 0 Å². The molecule has 0 unspecified atom stereocenters. The van der Waals surface area contributed by atoms with Crippen LogP contribution in [0.2, 0.25) is 0 Å². The quantitative estimate of drug-likeness (QED) is 0.340. The number of rotatable bonds is 0. The Morgan fingerprint density at radius 2 is 2.08 bits per heavy atom. The zero-order valence-electron chi connectivity index (χ0n) is 5.83. The second-order valence-electron chi connectivity index (χ2n) is 1.91. The Hall–Kier alpha value is -2.34. The minimum atomic E-state index is -0.620. The number of hydrazone groups is 1. The SMILES string of the molecule is N#CC(C#N)=C1C(=O)NN=C1N. The Morgan fingerprint density at radius 1 is 1.50 bits per heavy atom. The van der Waals surface area contributed by atoms with E-state index in [1.165, 1.54) is 0 Å². The molecule has 0 radical (unpaired) electrons. The van der Waals surface area contributed by atoms with Crippen molar-refractivity contribution >= 4 is 11.7 Å². The molecule has 0 atom stereocenters. The lowest BCUT2D eigenvalue weighted by Gasteiger charge is -1.90. The maximum Gasteiger partial charge on any atom is 0.277 e. The summed E-state index contributed by atoms with van der Waals surface area (Å²) in [4.78, 5) is 10.9. The molecule has 12 heavy (non-hydrogen) atoms. The normalized spacial score (nSPS) is 14.3. The van der Waals surface area contributed by atoms with Gasteiger partial charge >= 0.3 is 0 Å². The van der Waals surface area contributed by atoms with Gasteiger partial charge < -0.3 is 5.73 Å². The van der Waals surface area contributed by atoms with E-state index in [2.05, 4.69) is 5.10 Å². The number of carbonyl (C=O) groups is 1. The first kappa shape index (κ1) is 7.76. The van der Waals surface area contributed by atoms with E-state index < -0.39 is 5.91 Å². The van der Waals surface area contributed by atoms with E-state index in [4.69, 9.17) is 16.3 Å². The molecule has 6 nitrogen and oxygen atoms in total. The van der Waals surface area contributed by atoms with Gasteiger partial charge in [-0.2, -0.15) is 15.6 Å². The van der Waals surface area contributed by atoms with E-state index >= 15 is 0 Å². The molecule has 0 fully saturated rings. The zero-order valence-corrected chi connectivity index (χ0v) is 5.83. The van der Waals surface area contributed by atoms with Crippen molar-refractivity contribution in [2.24, 2.45) is 10.8 Å². The van der Waals surface area contributed by atoms with E-state index in [0.717, 1.165) is 0 Å². The molecule has 0 bridgehead atoms. The predicted octanol–water partition coefficient (Wildman–Crippen LogP) is -1.27. The van der Waals surface area contributed by atoms with Gasteiger partial charge in [0, 0.05) is 0 Å². The van der Waals surface area contributed by atoms with Crippen molar-refractivity contribution in [2.75, 3.05) is 0 Å². The summed E-state index contributed by atoms with van der Waals surface area (Å²) in [5, 5.41) is 20.2. The number of nitriles is 2. The molecule has 0 aromatic carbocycles. The topological polar surface area (TPSA) is 115 Å². The first-order valence-corrected chi connectivity index (χ1v) is 2.89. The van der Waals surface area contributed by atoms with Crippen LogP contribution in [0, 0.1) is 22.7 Å². The number of carbonyl (C=O) groups excluding carboxylic acids is 1. The summed E-state index contributed by atoms with van der Waals surface area (Å²) in [6, 6.07) is 3.10. The summed E-state index contributed by atoms with van der Waals surface area (Å²) < 4.78 is 0. The van der Waals surface area contributed by atoms with E-state index in [0.29, 0.717) is 0 Å². The van der Waals surface area contributed by atoms with Crippen LogP contribution in [0.25, 0.3) is 0 Å². The fourth-order valence-corrected chi connectivity index (χ4v) is 0.718. The van der Waals surface area contributed by atoms with Crippen LogP contribution >= 0.6 is 0 Å². The number of allylic oxidation sites excluding steroid dienone is 1. The summed E-state index contributed by atoms with van der Waals surface area (Å²) in [5.74, 6) is -0.747. The van der Waals surface area contributed by atoms with Crippen LogP contribution in [-0.4, -0.2) is 11.7 Å². The third-order valence-corrected chi connectivity index (χ3v) is 1.23.